The van der Waals surface area contributed by atoms with E-state index in [-0.39, 0.29) is 5.41 Å². The Morgan fingerprint density at radius 1 is 1.22 bits per heavy atom. The third-order valence-corrected chi connectivity index (χ3v) is 7.45. The highest BCUT2D eigenvalue weighted by Crippen LogP contribution is 2.68. The lowest BCUT2D eigenvalue weighted by molar-refractivity contribution is -0.167. The molecule has 0 aliphatic heterocycles. The molecule has 23 heavy (non-hydrogen) atoms. The highest BCUT2D eigenvalue weighted by Gasteiger charge is 2.60. The first-order valence-electron chi connectivity index (χ1n) is 8.85. The van der Waals surface area contributed by atoms with Gasteiger partial charge in [-0.2, -0.15) is 0 Å². The highest BCUT2D eigenvalue weighted by molar-refractivity contribution is 6.31. The van der Waals surface area contributed by atoms with Gasteiger partial charge in [0, 0.05) is 5.02 Å². The molecule has 2 nitrogen and oxygen atoms in total. The number of hydrogen-bond donors (Lipinski definition) is 1. The van der Waals surface area contributed by atoms with Crippen LogP contribution in [0.4, 0.5) is 0 Å². The number of halogens is 1. The molecule has 1 aromatic rings. The monoisotopic (exact) mass is 332 g/mol. The smallest absolute Gasteiger partial charge is 0.303 e. The molecule has 2 atom stereocenters. The van der Waals surface area contributed by atoms with E-state index in [1.54, 1.807) is 0 Å². The van der Waals surface area contributed by atoms with Crippen LogP contribution in [0.2, 0.25) is 5.02 Å². The van der Waals surface area contributed by atoms with Crippen LogP contribution in [0.25, 0.3) is 0 Å². The van der Waals surface area contributed by atoms with Gasteiger partial charge in [0.1, 0.15) is 0 Å². The zero-order valence-corrected chi connectivity index (χ0v) is 14.5. The molecule has 2 unspecified atom stereocenters. The van der Waals surface area contributed by atoms with Crippen molar-refractivity contribution < 1.29 is 9.90 Å². The summed E-state index contributed by atoms with van der Waals surface area (Å²) in [5.41, 5.74) is 1.50. The van der Waals surface area contributed by atoms with Crippen LogP contribution in [0.15, 0.2) is 24.3 Å². The summed E-state index contributed by atoms with van der Waals surface area (Å²) in [7, 11) is 0. The molecule has 4 aliphatic carbocycles. The van der Waals surface area contributed by atoms with Gasteiger partial charge < -0.3 is 5.11 Å². The summed E-state index contributed by atoms with van der Waals surface area (Å²) in [4.78, 5) is 11.7. The Morgan fingerprint density at radius 2 is 1.87 bits per heavy atom. The lowest BCUT2D eigenvalue weighted by atomic mass is 9.40. The Labute approximate surface area is 143 Å². The third kappa shape index (κ3) is 2.50. The van der Waals surface area contributed by atoms with E-state index in [1.165, 1.54) is 32.1 Å². The Kier molecular flexibility index (Phi) is 3.53. The van der Waals surface area contributed by atoms with E-state index in [9.17, 15) is 9.90 Å². The molecule has 0 radical (unpaired) electrons. The topological polar surface area (TPSA) is 37.3 Å². The van der Waals surface area contributed by atoms with Crippen LogP contribution in [0, 0.1) is 28.6 Å². The maximum atomic E-state index is 11.7. The molecule has 0 heterocycles. The standard InChI is InChI=1S/C20H25ClO2/c1-19-8-13-6-15(10-19)20(12-18(22)23,16(7-13)11-19)9-14-4-2-3-5-17(14)21/h2-5,13,15-16H,6-12H2,1H3,(H,22,23)/t13?,15?,16?,19-,20+. The van der Waals surface area contributed by atoms with Crippen molar-refractivity contribution in [1.82, 2.24) is 0 Å². The minimum absolute atomic E-state index is 0.0900. The summed E-state index contributed by atoms with van der Waals surface area (Å²) in [6.07, 6.45) is 7.35. The predicted octanol–water partition coefficient (Wildman–Crippen LogP) is 5.19. The second-order valence-electron chi connectivity index (χ2n) is 8.73. The van der Waals surface area contributed by atoms with Gasteiger partial charge in [-0.1, -0.05) is 36.7 Å². The Hall–Kier alpha value is -1.02. The summed E-state index contributed by atoms with van der Waals surface area (Å²) in [6, 6.07) is 7.99. The second-order valence-corrected chi connectivity index (χ2v) is 9.13. The van der Waals surface area contributed by atoms with Crippen molar-refractivity contribution in [3.8, 4) is 0 Å². The van der Waals surface area contributed by atoms with E-state index >= 15 is 0 Å². The van der Waals surface area contributed by atoms with Gasteiger partial charge in [-0.3, -0.25) is 4.79 Å². The van der Waals surface area contributed by atoms with Gasteiger partial charge in [-0.25, -0.2) is 0 Å². The summed E-state index contributed by atoms with van der Waals surface area (Å²) in [6.45, 7) is 2.43. The molecule has 4 saturated carbocycles. The summed E-state index contributed by atoms with van der Waals surface area (Å²) in [5.74, 6) is 1.28. The second kappa shape index (κ2) is 5.24. The lowest BCUT2D eigenvalue weighted by Crippen LogP contribution is -2.57. The first-order valence-corrected chi connectivity index (χ1v) is 9.23. The van der Waals surface area contributed by atoms with Gasteiger partial charge in [0.15, 0.2) is 0 Å². The fourth-order valence-electron chi connectivity index (χ4n) is 6.50. The maximum Gasteiger partial charge on any atom is 0.303 e. The number of rotatable bonds is 4. The maximum absolute atomic E-state index is 11.7. The van der Waals surface area contributed by atoms with Crippen molar-refractivity contribution in [2.45, 2.75) is 51.9 Å². The van der Waals surface area contributed by atoms with Crippen LogP contribution in [-0.4, -0.2) is 11.1 Å². The van der Waals surface area contributed by atoms with Gasteiger partial charge in [-0.15, -0.1) is 0 Å². The van der Waals surface area contributed by atoms with Crippen molar-refractivity contribution in [1.29, 1.82) is 0 Å². The molecule has 1 N–H and O–H groups in total. The van der Waals surface area contributed by atoms with Crippen LogP contribution in [0.1, 0.15) is 51.0 Å². The fraction of sp³-hybridized carbons (Fsp3) is 0.650. The number of benzene rings is 1. The molecule has 0 spiro atoms. The van der Waals surface area contributed by atoms with E-state index in [4.69, 9.17) is 11.6 Å². The molecule has 124 valence electrons. The molecule has 0 aromatic heterocycles. The molecule has 4 bridgehead atoms. The molecule has 1 aromatic carbocycles. The highest BCUT2D eigenvalue weighted by atomic mass is 35.5. The number of hydrogen-bond acceptors (Lipinski definition) is 1. The van der Waals surface area contributed by atoms with E-state index < -0.39 is 5.97 Å². The Bertz CT molecular complexity index is 622. The van der Waals surface area contributed by atoms with E-state index in [0.29, 0.717) is 23.7 Å². The van der Waals surface area contributed by atoms with Crippen LogP contribution < -0.4 is 0 Å². The Morgan fingerprint density at radius 3 is 2.43 bits per heavy atom. The van der Waals surface area contributed by atoms with Crippen molar-refractivity contribution in [2.75, 3.05) is 0 Å². The minimum Gasteiger partial charge on any atom is -0.481 e. The molecular formula is C20H25ClO2. The number of carboxylic acids is 1. The number of carbonyl (C=O) groups is 1. The summed E-state index contributed by atoms with van der Waals surface area (Å²) < 4.78 is 0. The van der Waals surface area contributed by atoms with Crippen molar-refractivity contribution in [3.63, 3.8) is 0 Å². The molecule has 3 heteroatoms. The number of aliphatic carboxylic acids is 1. The van der Waals surface area contributed by atoms with Crippen LogP contribution >= 0.6 is 11.6 Å². The molecule has 4 fully saturated rings. The largest absolute Gasteiger partial charge is 0.481 e. The quantitative estimate of drug-likeness (QED) is 0.823. The average Bonchev–Trinajstić information content (AvgIpc) is 2.45. The van der Waals surface area contributed by atoms with Crippen molar-refractivity contribution in [3.05, 3.63) is 34.9 Å². The van der Waals surface area contributed by atoms with Crippen LogP contribution in [-0.2, 0) is 11.2 Å². The summed E-state index contributed by atoms with van der Waals surface area (Å²) in [5, 5.41) is 10.4. The van der Waals surface area contributed by atoms with E-state index in [2.05, 4.69) is 13.0 Å². The summed E-state index contributed by atoms with van der Waals surface area (Å²) >= 11 is 6.42. The van der Waals surface area contributed by atoms with Gasteiger partial charge >= 0.3 is 5.97 Å². The zero-order chi connectivity index (χ0) is 16.2. The van der Waals surface area contributed by atoms with Crippen molar-refractivity contribution >= 4 is 17.6 Å². The van der Waals surface area contributed by atoms with E-state index in [0.717, 1.165) is 22.9 Å². The fourth-order valence-corrected chi connectivity index (χ4v) is 6.70. The van der Waals surface area contributed by atoms with Gasteiger partial charge in [-0.05, 0) is 78.7 Å². The third-order valence-electron chi connectivity index (χ3n) is 7.08. The lowest BCUT2D eigenvalue weighted by Gasteiger charge is -2.65. The molecule has 0 saturated heterocycles. The average molecular weight is 333 g/mol. The Balaban J connectivity index is 1.73. The van der Waals surface area contributed by atoms with Gasteiger partial charge in [0.05, 0.1) is 6.42 Å². The van der Waals surface area contributed by atoms with Crippen LogP contribution in [0.5, 0.6) is 0 Å². The SMILES string of the molecule is C[C@]12CC3CC(C1)[C@](CC(=O)O)(Cc1ccccc1Cl)C(C3)C2. The van der Waals surface area contributed by atoms with Gasteiger partial charge in [0.25, 0.3) is 0 Å². The molecule has 5 rings (SSSR count). The molecule has 4 aliphatic rings. The predicted molar refractivity (Wildman–Crippen MR) is 91.5 cm³/mol. The van der Waals surface area contributed by atoms with E-state index in [1.807, 2.05) is 18.2 Å². The number of carboxylic acid groups (broad SMARTS) is 1. The van der Waals surface area contributed by atoms with Crippen molar-refractivity contribution in [2.24, 2.45) is 28.6 Å². The first kappa shape index (κ1) is 15.5. The zero-order valence-electron chi connectivity index (χ0n) is 13.7. The molecule has 0 amide bonds. The minimum atomic E-state index is -0.644. The molecular weight excluding hydrogens is 308 g/mol. The van der Waals surface area contributed by atoms with Crippen LogP contribution in [0.3, 0.4) is 0 Å². The van der Waals surface area contributed by atoms with Gasteiger partial charge in [0.2, 0.25) is 0 Å². The normalized spacial score (nSPS) is 41.2. The first-order chi connectivity index (χ1) is 10.9.